The Morgan fingerprint density at radius 3 is 2.00 bits per heavy atom. The van der Waals surface area contributed by atoms with Crippen LogP contribution in [0.5, 0.6) is 0 Å². The van der Waals surface area contributed by atoms with E-state index in [1.165, 1.54) is 64.2 Å². The molecule has 4 rings (SSSR count). The molecular formula is C32H55N3O4. The molecule has 1 unspecified atom stereocenters. The Morgan fingerprint density at radius 1 is 0.872 bits per heavy atom. The summed E-state index contributed by atoms with van der Waals surface area (Å²) in [6, 6.07) is -0.589. The Bertz CT molecular complexity index is 825. The van der Waals surface area contributed by atoms with Gasteiger partial charge >= 0.3 is 6.09 Å². The third kappa shape index (κ3) is 8.13. The van der Waals surface area contributed by atoms with Crippen LogP contribution in [-0.2, 0) is 9.59 Å². The van der Waals surface area contributed by atoms with Crippen molar-refractivity contribution in [1.29, 1.82) is 0 Å². The molecule has 4 aliphatic rings. The van der Waals surface area contributed by atoms with Gasteiger partial charge in [-0.1, -0.05) is 66.2 Å². The smallest absolute Gasteiger partial charge is 0.405 e. The lowest BCUT2D eigenvalue weighted by atomic mass is 9.69. The van der Waals surface area contributed by atoms with Gasteiger partial charge in [0.2, 0.25) is 11.8 Å². The van der Waals surface area contributed by atoms with Gasteiger partial charge in [0.25, 0.3) is 0 Å². The van der Waals surface area contributed by atoms with Crippen molar-refractivity contribution in [2.75, 3.05) is 13.1 Å². The molecule has 0 bridgehead atoms. The number of rotatable bonds is 9. The van der Waals surface area contributed by atoms with Gasteiger partial charge < -0.3 is 20.6 Å². The molecule has 0 aromatic rings. The van der Waals surface area contributed by atoms with Crippen molar-refractivity contribution in [2.45, 2.75) is 130 Å². The molecule has 3 amide bonds. The molecule has 39 heavy (non-hydrogen) atoms. The van der Waals surface area contributed by atoms with Gasteiger partial charge in [-0.05, 0) is 80.5 Å². The maximum absolute atomic E-state index is 13.9. The highest BCUT2D eigenvalue weighted by molar-refractivity contribution is 5.85. The first kappa shape index (κ1) is 30.2. The quantitative estimate of drug-likeness (QED) is 0.320. The van der Waals surface area contributed by atoms with E-state index >= 15 is 0 Å². The Labute approximate surface area is 236 Å². The van der Waals surface area contributed by atoms with E-state index in [0.29, 0.717) is 37.3 Å². The van der Waals surface area contributed by atoms with E-state index in [-0.39, 0.29) is 41.0 Å². The minimum absolute atomic E-state index is 0.0973. The highest BCUT2D eigenvalue weighted by Gasteiger charge is 2.47. The molecule has 7 heteroatoms. The van der Waals surface area contributed by atoms with Crippen molar-refractivity contribution in [3.8, 4) is 0 Å². The van der Waals surface area contributed by atoms with Gasteiger partial charge in [-0.25, -0.2) is 4.79 Å². The fourth-order valence-electron chi connectivity index (χ4n) is 8.83. The lowest BCUT2D eigenvalue weighted by Gasteiger charge is -2.38. The Morgan fingerprint density at radius 2 is 1.46 bits per heavy atom. The number of nitrogens with one attached hydrogen (secondary N) is 2. The second-order valence-electron chi connectivity index (χ2n) is 14.8. The van der Waals surface area contributed by atoms with Crippen LogP contribution in [0, 0.1) is 40.9 Å². The number of likely N-dealkylation sites (tertiary alicyclic amines) is 1. The lowest BCUT2D eigenvalue weighted by molar-refractivity contribution is -0.133. The second kappa shape index (κ2) is 13.2. The van der Waals surface area contributed by atoms with Crippen LogP contribution in [0.2, 0.25) is 0 Å². The summed E-state index contributed by atoms with van der Waals surface area (Å²) >= 11 is 0. The molecule has 1 heterocycles. The van der Waals surface area contributed by atoms with Gasteiger partial charge in [0.05, 0.1) is 0 Å². The lowest BCUT2D eigenvalue weighted by Crippen LogP contribution is -2.50. The topological polar surface area (TPSA) is 98.7 Å². The number of carbonyl (C=O) groups excluding carboxylic acids is 2. The third-order valence-corrected chi connectivity index (χ3v) is 10.3. The second-order valence-corrected chi connectivity index (χ2v) is 14.8. The van der Waals surface area contributed by atoms with Crippen molar-refractivity contribution in [1.82, 2.24) is 15.5 Å². The Kier molecular flexibility index (Phi) is 10.3. The fraction of sp³-hybridized carbons (Fsp3) is 0.906. The summed E-state index contributed by atoms with van der Waals surface area (Å²) in [4.78, 5) is 40.9. The Balaban J connectivity index is 1.38. The largest absolute Gasteiger partial charge is 0.465 e. The molecule has 222 valence electrons. The Hall–Kier alpha value is -1.79. The highest BCUT2D eigenvalue weighted by atomic mass is 16.4. The molecular weight excluding hydrogens is 490 g/mol. The van der Waals surface area contributed by atoms with Crippen LogP contribution in [0.25, 0.3) is 0 Å². The minimum Gasteiger partial charge on any atom is -0.465 e. The van der Waals surface area contributed by atoms with Crippen molar-refractivity contribution in [3.05, 3.63) is 0 Å². The van der Waals surface area contributed by atoms with Crippen LogP contribution in [0.1, 0.15) is 118 Å². The first-order valence-corrected chi connectivity index (χ1v) is 16.1. The number of carboxylic acid groups (broad SMARTS) is 1. The number of hydrogen-bond donors (Lipinski definition) is 3. The number of amides is 3. The van der Waals surface area contributed by atoms with Gasteiger partial charge in [0.15, 0.2) is 0 Å². The molecule has 3 aliphatic carbocycles. The molecule has 3 N–H and O–H groups in total. The molecule has 0 aromatic heterocycles. The normalized spacial score (nSPS) is 28.2. The zero-order valence-corrected chi connectivity index (χ0v) is 25.1. The number of fused-ring (bicyclic) bond motifs is 1. The maximum atomic E-state index is 13.9. The SMILES string of the molecule is C[C@H](CC(NC(=O)O)C(=O)N1C[C@@H]2CC[C@@H](NC(=O)C(C3CCCCC3)C3CCCCC3)[C@@H]2C1)CC(C)(C)C. The molecule has 1 aliphatic heterocycles. The summed E-state index contributed by atoms with van der Waals surface area (Å²) < 4.78 is 0. The van der Waals surface area contributed by atoms with Crippen molar-refractivity contribution in [3.63, 3.8) is 0 Å². The minimum atomic E-state index is -1.14. The highest BCUT2D eigenvalue weighted by Crippen LogP contribution is 2.42. The van der Waals surface area contributed by atoms with Crippen LogP contribution in [0.3, 0.4) is 0 Å². The molecule has 0 aromatic carbocycles. The standard InChI is InChI=1S/C32H55N3O4/c1-21(18-32(2,3)4)17-27(34-31(38)39)30(37)35-19-24-15-16-26(25(24)20-35)33-29(36)28(22-11-7-5-8-12-22)23-13-9-6-10-14-23/h21-28,34H,5-20H2,1-4H3,(H,33,36)(H,38,39)/t21-,24+,25-,26-,27?/m1/s1. The van der Waals surface area contributed by atoms with Gasteiger partial charge in [-0.15, -0.1) is 0 Å². The van der Waals surface area contributed by atoms with Gasteiger partial charge in [0.1, 0.15) is 6.04 Å². The van der Waals surface area contributed by atoms with Gasteiger partial charge in [0, 0.05) is 31.0 Å². The van der Waals surface area contributed by atoms with E-state index in [0.717, 1.165) is 19.3 Å². The van der Waals surface area contributed by atoms with Crippen LogP contribution in [0.4, 0.5) is 4.79 Å². The zero-order chi connectivity index (χ0) is 28.2. The van der Waals surface area contributed by atoms with E-state index in [1.54, 1.807) is 0 Å². The summed E-state index contributed by atoms with van der Waals surface area (Å²) in [6.45, 7) is 9.93. The first-order valence-electron chi connectivity index (χ1n) is 16.1. The maximum Gasteiger partial charge on any atom is 0.405 e. The fourth-order valence-corrected chi connectivity index (χ4v) is 8.83. The average molecular weight is 546 g/mol. The molecule has 4 fully saturated rings. The summed E-state index contributed by atoms with van der Waals surface area (Å²) in [5.41, 5.74) is 0.124. The van der Waals surface area contributed by atoms with Crippen LogP contribution >= 0.6 is 0 Å². The zero-order valence-electron chi connectivity index (χ0n) is 25.1. The number of nitrogens with zero attached hydrogens (tertiary/aromatic N) is 1. The van der Waals surface area contributed by atoms with Crippen LogP contribution in [0.15, 0.2) is 0 Å². The summed E-state index contributed by atoms with van der Waals surface area (Å²) in [7, 11) is 0. The summed E-state index contributed by atoms with van der Waals surface area (Å²) in [6.07, 6.45) is 14.7. The molecule has 7 nitrogen and oxygen atoms in total. The van der Waals surface area contributed by atoms with E-state index in [1.807, 2.05) is 4.90 Å². The predicted molar refractivity (Wildman–Crippen MR) is 154 cm³/mol. The molecule has 1 saturated heterocycles. The third-order valence-electron chi connectivity index (χ3n) is 10.3. The molecule has 3 saturated carbocycles. The summed E-state index contributed by atoms with van der Waals surface area (Å²) in [5.74, 6) is 2.28. The predicted octanol–water partition coefficient (Wildman–Crippen LogP) is 6.22. The van der Waals surface area contributed by atoms with Gasteiger partial charge in [-0.2, -0.15) is 0 Å². The van der Waals surface area contributed by atoms with E-state index in [4.69, 9.17) is 0 Å². The van der Waals surface area contributed by atoms with Crippen molar-refractivity contribution < 1.29 is 19.5 Å². The first-order chi connectivity index (χ1) is 18.5. The van der Waals surface area contributed by atoms with Crippen molar-refractivity contribution in [2.24, 2.45) is 40.9 Å². The molecule has 0 radical (unpaired) electrons. The molecule has 5 atom stereocenters. The van der Waals surface area contributed by atoms with Gasteiger partial charge in [-0.3, -0.25) is 9.59 Å². The monoisotopic (exact) mass is 545 g/mol. The van der Waals surface area contributed by atoms with Crippen molar-refractivity contribution >= 4 is 17.9 Å². The number of carbonyl (C=O) groups is 3. The number of hydrogen-bond acceptors (Lipinski definition) is 3. The van der Waals surface area contributed by atoms with Crippen LogP contribution in [-0.4, -0.2) is 53.1 Å². The van der Waals surface area contributed by atoms with E-state index in [9.17, 15) is 19.5 Å². The summed E-state index contributed by atoms with van der Waals surface area (Å²) in [5, 5.41) is 15.5. The van der Waals surface area contributed by atoms with E-state index < -0.39 is 12.1 Å². The van der Waals surface area contributed by atoms with Crippen LogP contribution < -0.4 is 10.6 Å². The molecule has 0 spiro atoms. The van der Waals surface area contributed by atoms with E-state index in [2.05, 4.69) is 38.3 Å². The average Bonchev–Trinajstić information content (AvgIpc) is 3.45.